The number of unbranched alkanes of at least 4 members (excludes halogenated alkanes) is 18. The van der Waals surface area contributed by atoms with Gasteiger partial charge in [0.15, 0.2) is 9.60 Å². The van der Waals surface area contributed by atoms with Crippen molar-refractivity contribution in [3.63, 3.8) is 0 Å². The molecule has 0 radical (unpaired) electrons. The van der Waals surface area contributed by atoms with Crippen LogP contribution in [0.25, 0.3) is 15.0 Å². The summed E-state index contributed by atoms with van der Waals surface area (Å²) in [5, 5.41) is 3.85. The minimum absolute atomic E-state index is 0.105. The summed E-state index contributed by atoms with van der Waals surface area (Å²) in [6, 6.07) is 18.8. The van der Waals surface area contributed by atoms with Gasteiger partial charge in [0.25, 0.3) is 0 Å². The standard InChI is InChI=1S/C38H59S/c1-3-5-7-9-11-13-15-17-19-21-25-34-29-30-37(39-32-31-35-26-23-24-28-38(35)39)33-36(34)27-22-20-18-16-14-12-10-8-6-4-2/h23-24,26,28-33H,3-22,25,27H2,1-2H3/q+1. The van der Waals surface area contributed by atoms with Crippen LogP contribution in [0.2, 0.25) is 0 Å². The molecular formula is C38H59S+. The predicted molar refractivity (Wildman–Crippen MR) is 179 cm³/mol. The molecule has 1 atom stereocenters. The van der Waals surface area contributed by atoms with E-state index in [4.69, 9.17) is 0 Å². The van der Waals surface area contributed by atoms with Gasteiger partial charge in [-0.25, -0.2) is 0 Å². The van der Waals surface area contributed by atoms with E-state index >= 15 is 0 Å². The van der Waals surface area contributed by atoms with Crippen LogP contribution in [0.3, 0.4) is 0 Å². The third-order valence-electron chi connectivity index (χ3n) is 8.57. The van der Waals surface area contributed by atoms with Gasteiger partial charge in [-0.15, -0.1) is 0 Å². The molecule has 1 aromatic heterocycles. The van der Waals surface area contributed by atoms with Crippen LogP contribution in [0, 0.1) is 0 Å². The van der Waals surface area contributed by atoms with E-state index in [0.29, 0.717) is 0 Å². The Morgan fingerprint density at radius 1 is 0.462 bits per heavy atom. The number of hydrogen-bond donors (Lipinski definition) is 0. The maximum atomic E-state index is 2.59. The maximum absolute atomic E-state index is 2.59. The van der Waals surface area contributed by atoms with E-state index in [2.05, 4.69) is 67.8 Å². The van der Waals surface area contributed by atoms with E-state index in [1.54, 1.807) is 11.1 Å². The summed E-state index contributed by atoms with van der Waals surface area (Å²) in [4.78, 5) is 1.52. The lowest BCUT2D eigenvalue weighted by Crippen LogP contribution is -1.96. The number of fused-ring (bicyclic) bond motifs is 1. The van der Waals surface area contributed by atoms with Crippen LogP contribution in [-0.2, 0) is 12.8 Å². The van der Waals surface area contributed by atoms with Crippen LogP contribution >= 0.6 is 10.5 Å². The van der Waals surface area contributed by atoms with Crippen LogP contribution in [-0.4, -0.2) is 0 Å². The average molecular weight is 548 g/mol. The quantitative estimate of drug-likeness (QED) is 0.0818. The largest absolute Gasteiger partial charge is 0.186 e. The minimum Gasteiger partial charge on any atom is -0.0654 e. The predicted octanol–water partition coefficient (Wildman–Crippen LogP) is 13.5. The number of aryl methyl sites for hydroxylation is 2. The van der Waals surface area contributed by atoms with E-state index < -0.39 is 0 Å². The molecule has 1 heterocycles. The van der Waals surface area contributed by atoms with Crippen LogP contribution in [0.1, 0.15) is 153 Å². The molecular weight excluding hydrogens is 488 g/mol. The number of hydrogen-bond acceptors (Lipinski definition) is 0. The summed E-state index contributed by atoms with van der Waals surface area (Å²) >= 11 is 0. The van der Waals surface area contributed by atoms with Gasteiger partial charge in [0.2, 0.25) is 0 Å². The van der Waals surface area contributed by atoms with Gasteiger partial charge in [-0.05, 0) is 55.0 Å². The van der Waals surface area contributed by atoms with Gasteiger partial charge in [-0.3, -0.25) is 0 Å². The molecule has 0 nitrogen and oxygen atoms in total. The summed E-state index contributed by atoms with van der Waals surface area (Å²) in [6.45, 7) is 4.61. The van der Waals surface area contributed by atoms with Crippen LogP contribution in [0.15, 0.2) is 53.9 Å². The van der Waals surface area contributed by atoms with Gasteiger partial charge in [-0.2, -0.15) is 0 Å². The lowest BCUT2D eigenvalue weighted by molar-refractivity contribution is 0.553. The number of benzene rings is 2. The maximum Gasteiger partial charge on any atom is 0.186 e. The molecule has 0 saturated heterocycles. The first kappa shape index (κ1) is 31.9. The Kier molecular flexibility index (Phi) is 16.6. The Bertz CT molecular complexity index is 1010. The fourth-order valence-corrected chi connectivity index (χ4v) is 8.00. The first-order valence-electron chi connectivity index (χ1n) is 17.0. The van der Waals surface area contributed by atoms with Crippen molar-refractivity contribution in [2.24, 2.45) is 0 Å². The average Bonchev–Trinajstić information content (AvgIpc) is 3.40. The topological polar surface area (TPSA) is 0 Å². The monoisotopic (exact) mass is 547 g/mol. The summed E-state index contributed by atoms with van der Waals surface area (Å²) in [6.07, 6.45) is 30.8. The molecule has 0 aliphatic rings. The summed E-state index contributed by atoms with van der Waals surface area (Å²) < 4.78 is 1.50. The lowest BCUT2D eigenvalue weighted by atomic mass is 9.96. The molecule has 3 rings (SSSR count). The first-order valence-corrected chi connectivity index (χ1v) is 18.2. The van der Waals surface area contributed by atoms with Crippen molar-refractivity contribution < 1.29 is 0 Å². The van der Waals surface area contributed by atoms with Gasteiger partial charge in [0, 0.05) is 28.0 Å². The van der Waals surface area contributed by atoms with Crippen molar-refractivity contribution in [1.29, 1.82) is 0 Å². The van der Waals surface area contributed by atoms with Crippen molar-refractivity contribution in [3.05, 3.63) is 65.0 Å². The Hall–Kier alpha value is -1.60. The molecule has 0 fully saturated rings. The number of rotatable bonds is 23. The summed E-state index contributed by atoms with van der Waals surface area (Å²) in [5.74, 6) is 0. The van der Waals surface area contributed by atoms with Crippen LogP contribution in [0.5, 0.6) is 0 Å². The summed E-state index contributed by atoms with van der Waals surface area (Å²) in [7, 11) is 0.105. The Morgan fingerprint density at radius 2 is 0.949 bits per heavy atom. The molecule has 3 aromatic rings. The smallest absolute Gasteiger partial charge is 0.0654 e. The van der Waals surface area contributed by atoms with Gasteiger partial charge in [0.1, 0.15) is 5.38 Å². The molecule has 0 bridgehead atoms. The second kappa shape index (κ2) is 20.3. The second-order valence-electron chi connectivity index (χ2n) is 12.0. The van der Waals surface area contributed by atoms with Gasteiger partial charge in [0.05, 0.1) is 0 Å². The molecule has 0 saturated carbocycles. The summed E-state index contributed by atoms with van der Waals surface area (Å²) in [5.41, 5.74) is 3.28. The number of thiophene rings is 1. The highest BCUT2D eigenvalue weighted by Gasteiger charge is 2.17. The fraction of sp³-hybridized carbons (Fsp3) is 0.632. The van der Waals surface area contributed by atoms with E-state index in [0.717, 1.165) is 0 Å². The first-order chi connectivity index (χ1) is 19.3. The molecule has 0 amide bonds. The zero-order valence-electron chi connectivity index (χ0n) is 25.7. The zero-order chi connectivity index (χ0) is 27.4. The molecule has 1 unspecified atom stereocenters. The second-order valence-corrected chi connectivity index (χ2v) is 13.8. The zero-order valence-corrected chi connectivity index (χ0v) is 26.5. The van der Waals surface area contributed by atoms with Crippen molar-refractivity contribution >= 4 is 20.6 Å². The molecule has 216 valence electrons. The van der Waals surface area contributed by atoms with Crippen LogP contribution < -0.4 is 0 Å². The molecule has 0 aliphatic heterocycles. The molecule has 0 N–H and O–H groups in total. The van der Waals surface area contributed by atoms with E-state index in [9.17, 15) is 0 Å². The van der Waals surface area contributed by atoms with Crippen molar-refractivity contribution in [2.75, 3.05) is 0 Å². The van der Waals surface area contributed by atoms with E-state index in [1.807, 2.05) is 0 Å². The van der Waals surface area contributed by atoms with Crippen molar-refractivity contribution in [2.45, 2.75) is 155 Å². The van der Waals surface area contributed by atoms with Gasteiger partial charge >= 0.3 is 0 Å². The highest BCUT2D eigenvalue weighted by molar-refractivity contribution is 7.43. The van der Waals surface area contributed by atoms with Crippen molar-refractivity contribution in [1.82, 2.24) is 0 Å². The fourth-order valence-electron chi connectivity index (χ4n) is 6.06. The van der Waals surface area contributed by atoms with Crippen LogP contribution in [0.4, 0.5) is 0 Å². The molecule has 0 aliphatic carbocycles. The van der Waals surface area contributed by atoms with E-state index in [1.165, 1.54) is 156 Å². The SMILES string of the molecule is CCCCCCCCCCCCc1ccc(-[s+]2ccc3ccccc32)cc1CCCCCCCCCCCC. The highest BCUT2D eigenvalue weighted by atomic mass is 32.2. The van der Waals surface area contributed by atoms with Gasteiger partial charge < -0.3 is 0 Å². The molecule has 0 spiro atoms. The highest BCUT2D eigenvalue weighted by Crippen LogP contribution is 2.40. The molecule has 1 heteroatoms. The lowest BCUT2D eigenvalue weighted by Gasteiger charge is -2.11. The molecule has 39 heavy (non-hydrogen) atoms. The normalized spacial score (nSPS) is 12.0. The third-order valence-corrected chi connectivity index (χ3v) is 10.6. The van der Waals surface area contributed by atoms with E-state index in [-0.39, 0.29) is 10.5 Å². The Morgan fingerprint density at radius 3 is 1.51 bits per heavy atom. The molecule has 2 aromatic carbocycles. The van der Waals surface area contributed by atoms with Crippen molar-refractivity contribution in [3.8, 4) is 4.90 Å². The minimum atomic E-state index is 0.105. The third kappa shape index (κ3) is 12.2. The Balaban J connectivity index is 1.48. The Labute approximate surface area is 245 Å². The van der Waals surface area contributed by atoms with Gasteiger partial charge in [-0.1, -0.05) is 148 Å².